The van der Waals surface area contributed by atoms with Crippen LogP contribution >= 0.6 is 0 Å². The maximum absolute atomic E-state index is 13.2. The van der Waals surface area contributed by atoms with Gasteiger partial charge in [-0.2, -0.15) is 0 Å². The standard InChI is InChI=1S/C23H24N2O4S/c1-29-20-9-4-8-19(16-20)24-23(26)18-11-13-21(14-12-18)30(27,28)25-15-5-7-17-6-2-3-10-22(17)25/h2-4,6,9-14,16,19H,5,7-8,15H2,1H3,(H,24,26). The van der Waals surface area contributed by atoms with Crippen molar-refractivity contribution in [2.24, 2.45) is 0 Å². The van der Waals surface area contributed by atoms with Crippen molar-refractivity contribution in [2.75, 3.05) is 18.0 Å². The van der Waals surface area contributed by atoms with Crippen molar-refractivity contribution in [2.45, 2.75) is 30.2 Å². The predicted molar refractivity (Wildman–Crippen MR) is 116 cm³/mol. The molecule has 6 nitrogen and oxygen atoms in total. The van der Waals surface area contributed by atoms with Crippen LogP contribution in [0, 0.1) is 0 Å². The van der Waals surface area contributed by atoms with E-state index in [1.54, 1.807) is 19.2 Å². The smallest absolute Gasteiger partial charge is 0.264 e. The fourth-order valence-electron chi connectivity index (χ4n) is 3.80. The van der Waals surface area contributed by atoms with Crippen LogP contribution in [0.25, 0.3) is 0 Å². The average Bonchev–Trinajstić information content (AvgIpc) is 2.79. The highest BCUT2D eigenvalue weighted by Gasteiger charge is 2.29. The number of carbonyl (C=O) groups is 1. The summed E-state index contributed by atoms with van der Waals surface area (Å²) in [5.41, 5.74) is 2.18. The number of rotatable bonds is 5. The Kier molecular flexibility index (Phi) is 5.63. The van der Waals surface area contributed by atoms with Crippen LogP contribution in [0.5, 0.6) is 0 Å². The first-order chi connectivity index (χ1) is 14.5. The summed E-state index contributed by atoms with van der Waals surface area (Å²) >= 11 is 0. The highest BCUT2D eigenvalue weighted by molar-refractivity contribution is 7.92. The number of methoxy groups -OCH3 is 1. The van der Waals surface area contributed by atoms with Crippen molar-refractivity contribution in [3.63, 3.8) is 0 Å². The first-order valence-corrected chi connectivity index (χ1v) is 11.4. The number of carbonyl (C=O) groups excluding carboxylic acids is 1. The molecule has 1 N–H and O–H groups in total. The number of hydrogen-bond acceptors (Lipinski definition) is 4. The predicted octanol–water partition coefficient (Wildman–Crippen LogP) is 3.42. The summed E-state index contributed by atoms with van der Waals surface area (Å²) in [6.07, 6.45) is 7.99. The fraction of sp³-hybridized carbons (Fsp3) is 0.261. The molecule has 1 amide bonds. The SMILES string of the molecule is COC1=CC(NC(=O)c2ccc(S(=O)(=O)N3CCCc4ccccc43)cc2)CC=C1. The van der Waals surface area contributed by atoms with Gasteiger partial charge in [-0.1, -0.05) is 24.3 Å². The van der Waals surface area contributed by atoms with Gasteiger partial charge in [-0.05, 0) is 67.3 Å². The molecule has 0 bridgehead atoms. The molecule has 1 atom stereocenters. The van der Waals surface area contributed by atoms with Gasteiger partial charge in [-0.3, -0.25) is 9.10 Å². The monoisotopic (exact) mass is 424 g/mol. The summed E-state index contributed by atoms with van der Waals surface area (Å²) in [5, 5.41) is 2.93. The van der Waals surface area contributed by atoms with Gasteiger partial charge >= 0.3 is 0 Å². The van der Waals surface area contributed by atoms with Crippen LogP contribution < -0.4 is 9.62 Å². The van der Waals surface area contributed by atoms with Crippen LogP contribution in [0.3, 0.4) is 0 Å². The molecule has 0 spiro atoms. The Hall–Kier alpha value is -3.06. The van der Waals surface area contributed by atoms with Crippen molar-refractivity contribution in [3.8, 4) is 0 Å². The third kappa shape index (κ3) is 3.98. The quantitative estimate of drug-likeness (QED) is 0.798. The lowest BCUT2D eigenvalue weighted by atomic mass is 10.0. The number of aryl methyl sites for hydroxylation is 1. The Bertz CT molecular complexity index is 1100. The number of nitrogens with one attached hydrogen (secondary N) is 1. The van der Waals surface area contributed by atoms with Gasteiger partial charge in [0.2, 0.25) is 0 Å². The van der Waals surface area contributed by atoms with Gasteiger partial charge in [-0.15, -0.1) is 0 Å². The van der Waals surface area contributed by atoms with Crippen molar-refractivity contribution in [3.05, 3.63) is 83.6 Å². The maximum atomic E-state index is 13.2. The fourth-order valence-corrected chi connectivity index (χ4v) is 5.34. The van der Waals surface area contributed by atoms with Gasteiger partial charge in [0.1, 0.15) is 5.76 Å². The van der Waals surface area contributed by atoms with E-state index in [1.165, 1.54) is 16.4 Å². The number of anilines is 1. The van der Waals surface area contributed by atoms with E-state index >= 15 is 0 Å². The van der Waals surface area contributed by atoms with E-state index in [1.807, 2.05) is 42.5 Å². The Labute approximate surface area is 176 Å². The number of benzene rings is 2. The molecule has 2 aliphatic rings. The molecule has 0 saturated carbocycles. The second-order valence-corrected chi connectivity index (χ2v) is 9.19. The molecular weight excluding hydrogens is 400 g/mol. The van der Waals surface area contributed by atoms with Crippen molar-refractivity contribution in [1.29, 1.82) is 0 Å². The number of ether oxygens (including phenoxy) is 1. The van der Waals surface area contributed by atoms with E-state index in [9.17, 15) is 13.2 Å². The molecule has 7 heteroatoms. The van der Waals surface area contributed by atoms with Crippen LogP contribution in [0.4, 0.5) is 5.69 Å². The Morgan fingerprint density at radius 3 is 2.67 bits per heavy atom. The normalized spacial score (nSPS) is 18.4. The van der Waals surface area contributed by atoms with E-state index in [0.29, 0.717) is 24.3 Å². The topological polar surface area (TPSA) is 75.7 Å². The lowest BCUT2D eigenvalue weighted by molar-refractivity contribution is 0.0943. The molecule has 4 rings (SSSR count). The molecule has 2 aromatic carbocycles. The maximum Gasteiger partial charge on any atom is 0.264 e. The summed E-state index contributed by atoms with van der Waals surface area (Å²) in [4.78, 5) is 12.7. The number of fused-ring (bicyclic) bond motifs is 1. The van der Waals surface area contributed by atoms with Crippen LogP contribution in [0.1, 0.15) is 28.8 Å². The zero-order valence-electron chi connectivity index (χ0n) is 16.7. The van der Waals surface area contributed by atoms with E-state index in [2.05, 4.69) is 5.32 Å². The van der Waals surface area contributed by atoms with Crippen LogP contribution in [-0.4, -0.2) is 34.0 Å². The molecule has 0 saturated heterocycles. The van der Waals surface area contributed by atoms with E-state index in [0.717, 1.165) is 24.1 Å². The van der Waals surface area contributed by atoms with Crippen LogP contribution in [0.15, 0.2) is 77.4 Å². The third-order valence-corrected chi connectivity index (χ3v) is 7.19. The largest absolute Gasteiger partial charge is 0.497 e. The number of para-hydroxylation sites is 1. The number of nitrogens with zero attached hydrogens (tertiary/aromatic N) is 1. The molecule has 0 aromatic heterocycles. The van der Waals surface area contributed by atoms with E-state index in [4.69, 9.17) is 4.74 Å². The molecule has 1 aliphatic carbocycles. The third-order valence-electron chi connectivity index (χ3n) is 5.36. The molecule has 30 heavy (non-hydrogen) atoms. The second-order valence-electron chi connectivity index (χ2n) is 7.33. The zero-order valence-corrected chi connectivity index (χ0v) is 17.6. The lowest BCUT2D eigenvalue weighted by Gasteiger charge is -2.30. The van der Waals surface area contributed by atoms with Gasteiger partial charge in [-0.25, -0.2) is 8.42 Å². The summed E-state index contributed by atoms with van der Waals surface area (Å²) < 4.78 is 33.1. The number of sulfonamides is 1. The second kappa shape index (κ2) is 8.36. The van der Waals surface area contributed by atoms with Gasteiger partial charge in [0.05, 0.1) is 23.7 Å². The van der Waals surface area contributed by atoms with Gasteiger partial charge in [0.25, 0.3) is 15.9 Å². The molecule has 2 aromatic rings. The molecule has 1 aliphatic heterocycles. The minimum Gasteiger partial charge on any atom is -0.497 e. The summed E-state index contributed by atoms with van der Waals surface area (Å²) in [5.74, 6) is 0.448. The number of allylic oxidation sites excluding steroid dienone is 1. The molecular formula is C23H24N2O4S. The van der Waals surface area contributed by atoms with Gasteiger partial charge in [0.15, 0.2) is 0 Å². The summed E-state index contributed by atoms with van der Waals surface area (Å²) in [7, 11) is -2.11. The number of hydrogen-bond donors (Lipinski definition) is 1. The highest BCUT2D eigenvalue weighted by Crippen LogP contribution is 2.31. The minimum absolute atomic E-state index is 0.161. The highest BCUT2D eigenvalue weighted by atomic mass is 32.2. The van der Waals surface area contributed by atoms with Crippen LogP contribution in [-0.2, 0) is 21.2 Å². The van der Waals surface area contributed by atoms with Crippen molar-refractivity contribution in [1.82, 2.24) is 5.32 Å². The van der Waals surface area contributed by atoms with Crippen molar-refractivity contribution < 1.29 is 17.9 Å². The lowest BCUT2D eigenvalue weighted by Crippen LogP contribution is -2.35. The molecule has 1 unspecified atom stereocenters. The van der Waals surface area contributed by atoms with Gasteiger partial charge in [0, 0.05) is 12.1 Å². The summed E-state index contributed by atoms with van der Waals surface area (Å²) in [6.45, 7) is 0.449. The Morgan fingerprint density at radius 1 is 1.13 bits per heavy atom. The Balaban J connectivity index is 1.52. The van der Waals surface area contributed by atoms with Crippen LogP contribution in [0.2, 0.25) is 0 Å². The van der Waals surface area contributed by atoms with E-state index in [-0.39, 0.29) is 16.8 Å². The minimum atomic E-state index is -3.69. The molecule has 0 fully saturated rings. The first-order valence-electron chi connectivity index (χ1n) is 9.93. The molecule has 0 radical (unpaired) electrons. The average molecular weight is 425 g/mol. The molecule has 156 valence electrons. The number of amides is 1. The van der Waals surface area contributed by atoms with Crippen molar-refractivity contribution >= 4 is 21.6 Å². The Morgan fingerprint density at radius 2 is 1.90 bits per heavy atom. The zero-order chi connectivity index (χ0) is 21.1. The molecule has 1 heterocycles. The summed E-state index contributed by atoms with van der Waals surface area (Å²) in [6, 6.07) is 13.5. The van der Waals surface area contributed by atoms with Gasteiger partial charge < -0.3 is 10.1 Å². The van der Waals surface area contributed by atoms with E-state index < -0.39 is 10.0 Å². The first kappa shape index (κ1) is 20.2.